The number of non-ortho nitro benzene ring substituents is 1. The molecular formula is C23H14BrFN2O4S2. The van der Waals surface area contributed by atoms with E-state index in [9.17, 15) is 19.3 Å². The van der Waals surface area contributed by atoms with Gasteiger partial charge in [-0.1, -0.05) is 52.0 Å². The van der Waals surface area contributed by atoms with Gasteiger partial charge in [-0.15, -0.1) is 0 Å². The van der Waals surface area contributed by atoms with Gasteiger partial charge < -0.3 is 4.74 Å². The molecule has 166 valence electrons. The van der Waals surface area contributed by atoms with Crippen LogP contribution in [0.4, 0.5) is 15.8 Å². The molecule has 0 radical (unpaired) electrons. The summed E-state index contributed by atoms with van der Waals surface area (Å²) >= 11 is 9.83. The Labute approximate surface area is 206 Å². The molecule has 1 amide bonds. The van der Waals surface area contributed by atoms with Crippen LogP contribution >= 0.6 is 39.9 Å². The van der Waals surface area contributed by atoms with E-state index in [1.165, 1.54) is 29.2 Å². The minimum atomic E-state index is -0.537. The highest BCUT2D eigenvalue weighted by Crippen LogP contribution is 2.38. The summed E-state index contributed by atoms with van der Waals surface area (Å²) in [6.45, 7) is 0.177. The highest BCUT2D eigenvalue weighted by Gasteiger charge is 2.34. The molecule has 1 aliphatic heterocycles. The molecular weight excluding hydrogens is 531 g/mol. The predicted octanol–water partition coefficient (Wildman–Crippen LogP) is 6.48. The fraction of sp³-hybridized carbons (Fsp3) is 0.0435. The summed E-state index contributed by atoms with van der Waals surface area (Å²) in [5.41, 5.74) is 1.48. The maximum Gasteiger partial charge on any atom is 0.270 e. The maximum atomic E-state index is 14.2. The lowest BCUT2D eigenvalue weighted by molar-refractivity contribution is -0.384. The number of para-hydroxylation sites is 1. The first-order valence-electron chi connectivity index (χ1n) is 9.51. The zero-order chi connectivity index (χ0) is 23.5. The Morgan fingerprint density at radius 2 is 1.88 bits per heavy atom. The van der Waals surface area contributed by atoms with Crippen LogP contribution in [0.2, 0.25) is 0 Å². The molecule has 0 saturated carbocycles. The lowest BCUT2D eigenvalue weighted by Gasteiger charge is -2.15. The molecule has 0 unspecified atom stereocenters. The molecule has 10 heteroatoms. The number of halogens is 2. The Bertz CT molecular complexity index is 1300. The molecule has 0 aliphatic carbocycles. The summed E-state index contributed by atoms with van der Waals surface area (Å²) in [7, 11) is 0. The monoisotopic (exact) mass is 544 g/mol. The van der Waals surface area contributed by atoms with Gasteiger partial charge >= 0.3 is 0 Å². The van der Waals surface area contributed by atoms with Gasteiger partial charge in [0, 0.05) is 22.2 Å². The van der Waals surface area contributed by atoms with Gasteiger partial charge in [0.25, 0.3) is 11.6 Å². The Kier molecular flexibility index (Phi) is 6.87. The number of benzene rings is 3. The topological polar surface area (TPSA) is 72.7 Å². The normalized spacial score (nSPS) is 14.7. The van der Waals surface area contributed by atoms with E-state index in [-0.39, 0.29) is 22.3 Å². The van der Waals surface area contributed by atoms with Crippen molar-refractivity contribution in [1.29, 1.82) is 0 Å². The van der Waals surface area contributed by atoms with Gasteiger partial charge in [-0.05, 0) is 54.1 Å². The SMILES string of the molecule is O=C1/C(=C\c2cc(Br)ccc2OCc2ccc([N+](=O)[O-])cc2)SC(=S)N1c1ccccc1F. The Balaban J connectivity index is 1.58. The molecule has 3 aromatic rings. The number of anilines is 1. The van der Waals surface area contributed by atoms with Crippen molar-refractivity contribution in [1.82, 2.24) is 0 Å². The van der Waals surface area contributed by atoms with Crippen LogP contribution in [-0.2, 0) is 11.4 Å². The average molecular weight is 545 g/mol. The van der Waals surface area contributed by atoms with E-state index >= 15 is 0 Å². The number of ether oxygens (including phenoxy) is 1. The minimum absolute atomic E-state index is 0.0000365. The minimum Gasteiger partial charge on any atom is -0.488 e. The Morgan fingerprint density at radius 3 is 2.58 bits per heavy atom. The largest absolute Gasteiger partial charge is 0.488 e. The van der Waals surface area contributed by atoms with E-state index in [2.05, 4.69) is 15.9 Å². The number of hydrogen-bond donors (Lipinski definition) is 0. The average Bonchev–Trinajstić information content (AvgIpc) is 3.06. The van der Waals surface area contributed by atoms with Gasteiger partial charge in [0.2, 0.25) is 0 Å². The van der Waals surface area contributed by atoms with Gasteiger partial charge in [0.1, 0.15) is 18.2 Å². The third kappa shape index (κ3) is 5.13. The molecule has 3 aromatic carbocycles. The maximum absolute atomic E-state index is 14.2. The van der Waals surface area contributed by atoms with Crippen LogP contribution < -0.4 is 9.64 Å². The van der Waals surface area contributed by atoms with Crippen LogP contribution in [0.15, 0.2) is 76.1 Å². The summed E-state index contributed by atoms with van der Waals surface area (Å²) in [4.78, 5) is 24.9. The summed E-state index contributed by atoms with van der Waals surface area (Å²) in [6.07, 6.45) is 1.65. The van der Waals surface area contributed by atoms with Crippen LogP contribution in [0, 0.1) is 15.9 Å². The summed E-state index contributed by atoms with van der Waals surface area (Å²) in [5, 5.41) is 10.8. The number of thioether (sulfide) groups is 1. The van der Waals surface area contributed by atoms with E-state index in [0.717, 1.165) is 21.8 Å². The number of carbonyl (C=O) groups excluding carboxylic acids is 1. The van der Waals surface area contributed by atoms with Crippen molar-refractivity contribution < 1.29 is 18.8 Å². The number of nitro benzene ring substituents is 1. The molecule has 1 heterocycles. The number of amides is 1. The van der Waals surface area contributed by atoms with Gasteiger partial charge in [-0.25, -0.2) is 4.39 Å². The Morgan fingerprint density at radius 1 is 1.15 bits per heavy atom. The van der Waals surface area contributed by atoms with Crippen molar-refractivity contribution >= 4 is 67.6 Å². The van der Waals surface area contributed by atoms with E-state index in [4.69, 9.17) is 17.0 Å². The second kappa shape index (κ2) is 9.82. The van der Waals surface area contributed by atoms with Crippen molar-refractivity contribution in [2.45, 2.75) is 6.61 Å². The Hall–Kier alpha value is -3.08. The third-order valence-electron chi connectivity index (χ3n) is 4.69. The summed E-state index contributed by atoms with van der Waals surface area (Å²) in [5.74, 6) is -0.450. The lowest BCUT2D eigenvalue weighted by Crippen LogP contribution is -2.28. The molecule has 1 saturated heterocycles. The van der Waals surface area contributed by atoms with E-state index in [0.29, 0.717) is 16.2 Å². The zero-order valence-corrected chi connectivity index (χ0v) is 20.0. The summed E-state index contributed by atoms with van der Waals surface area (Å²) < 4.78 is 21.2. The standard InChI is InChI=1S/C23H14BrFN2O4S2/c24-16-7-10-20(31-13-14-5-8-17(9-6-14)27(29)30)15(11-16)12-21-22(28)26(23(32)33-21)19-4-2-1-3-18(19)25/h1-12H,13H2/b21-12+. The fourth-order valence-corrected chi connectivity index (χ4v) is 4.74. The van der Waals surface area contributed by atoms with Crippen molar-refractivity contribution in [2.24, 2.45) is 0 Å². The quantitative estimate of drug-likeness (QED) is 0.153. The first-order chi connectivity index (χ1) is 15.8. The molecule has 0 spiro atoms. The number of nitro groups is 1. The molecule has 6 nitrogen and oxygen atoms in total. The van der Waals surface area contributed by atoms with E-state index < -0.39 is 16.6 Å². The van der Waals surface area contributed by atoms with Gasteiger partial charge in [-0.3, -0.25) is 19.8 Å². The molecule has 4 rings (SSSR count). The van der Waals surface area contributed by atoms with Crippen molar-refractivity contribution in [3.05, 3.63) is 103 Å². The number of thiocarbonyl (C=S) groups is 1. The second-order valence-corrected chi connectivity index (χ2v) is 9.45. The number of hydrogen-bond acceptors (Lipinski definition) is 6. The molecule has 0 bridgehead atoms. The highest BCUT2D eigenvalue weighted by atomic mass is 79.9. The third-order valence-corrected chi connectivity index (χ3v) is 6.48. The smallest absolute Gasteiger partial charge is 0.270 e. The molecule has 1 fully saturated rings. The molecule has 0 aromatic heterocycles. The molecule has 0 N–H and O–H groups in total. The predicted molar refractivity (Wildman–Crippen MR) is 134 cm³/mol. The summed E-state index contributed by atoms with van der Waals surface area (Å²) in [6, 6.07) is 17.4. The van der Waals surface area contributed by atoms with Gasteiger partial charge in [-0.2, -0.15) is 0 Å². The van der Waals surface area contributed by atoms with E-state index in [1.807, 2.05) is 0 Å². The highest BCUT2D eigenvalue weighted by molar-refractivity contribution is 9.10. The van der Waals surface area contributed by atoms with Crippen molar-refractivity contribution in [3.8, 4) is 5.75 Å². The van der Waals surface area contributed by atoms with Crippen LogP contribution in [0.25, 0.3) is 6.08 Å². The second-order valence-electron chi connectivity index (χ2n) is 6.86. The number of rotatable bonds is 6. The van der Waals surface area contributed by atoms with Crippen LogP contribution in [-0.4, -0.2) is 15.2 Å². The van der Waals surface area contributed by atoms with Gasteiger partial charge in [0.05, 0.1) is 15.5 Å². The zero-order valence-electron chi connectivity index (χ0n) is 16.7. The van der Waals surface area contributed by atoms with Crippen LogP contribution in [0.3, 0.4) is 0 Å². The first kappa shape index (κ1) is 23.1. The molecule has 1 aliphatic rings. The fourth-order valence-electron chi connectivity index (χ4n) is 3.09. The van der Waals surface area contributed by atoms with Crippen molar-refractivity contribution in [3.63, 3.8) is 0 Å². The molecule has 33 heavy (non-hydrogen) atoms. The number of nitrogens with zero attached hydrogens (tertiary/aromatic N) is 2. The number of carbonyl (C=O) groups is 1. The lowest BCUT2D eigenvalue weighted by atomic mass is 10.1. The van der Waals surface area contributed by atoms with Crippen LogP contribution in [0.1, 0.15) is 11.1 Å². The van der Waals surface area contributed by atoms with Gasteiger partial charge in [0.15, 0.2) is 4.32 Å². The van der Waals surface area contributed by atoms with Crippen molar-refractivity contribution in [2.75, 3.05) is 4.90 Å². The molecule has 0 atom stereocenters. The van der Waals surface area contributed by atoms with E-state index in [1.54, 1.807) is 48.5 Å². The first-order valence-corrected chi connectivity index (χ1v) is 11.5. The van der Waals surface area contributed by atoms with Crippen LogP contribution in [0.5, 0.6) is 5.75 Å².